The van der Waals surface area contributed by atoms with Gasteiger partial charge in [0.15, 0.2) is 0 Å². The first-order chi connectivity index (χ1) is 19.5. The molecule has 204 valence electrons. The number of carbonyl (C=O) groups is 2. The molecule has 0 saturated heterocycles. The van der Waals surface area contributed by atoms with Crippen LogP contribution in [0.25, 0.3) is 17.2 Å². The van der Waals surface area contributed by atoms with Crippen molar-refractivity contribution in [3.8, 4) is 16.9 Å². The quantitative estimate of drug-likeness (QED) is 0.160. The second-order valence-electron chi connectivity index (χ2n) is 9.81. The zero-order valence-corrected chi connectivity index (χ0v) is 22.4. The van der Waals surface area contributed by atoms with E-state index in [9.17, 15) is 14.7 Å². The summed E-state index contributed by atoms with van der Waals surface area (Å²) < 4.78 is 6.32. The highest BCUT2D eigenvalue weighted by Gasteiger charge is 2.11. The van der Waals surface area contributed by atoms with E-state index in [2.05, 4.69) is 36.4 Å². The van der Waals surface area contributed by atoms with Crippen molar-refractivity contribution < 1.29 is 24.5 Å². The highest BCUT2D eigenvalue weighted by molar-refractivity contribution is 5.87. The highest BCUT2D eigenvalue weighted by Crippen LogP contribution is 2.27. The Morgan fingerprint density at radius 2 is 1.48 bits per heavy atom. The molecule has 0 heterocycles. The summed E-state index contributed by atoms with van der Waals surface area (Å²) in [4.78, 5) is 22.2. The number of aromatic carboxylic acids is 1. The van der Waals surface area contributed by atoms with E-state index >= 15 is 0 Å². The molecule has 1 atom stereocenters. The Hall–Kier alpha value is -4.64. The van der Waals surface area contributed by atoms with Gasteiger partial charge in [0, 0.05) is 12.0 Å². The summed E-state index contributed by atoms with van der Waals surface area (Å²) in [5.41, 5.74) is 5.67. The van der Waals surface area contributed by atoms with Crippen LogP contribution in [0.1, 0.15) is 52.7 Å². The predicted octanol–water partition coefficient (Wildman–Crippen LogP) is 8.15. The SMILES string of the molecule is O=C(O)CCCCC(C=Cc1ccccc1OCc1ccccc1-c1ccccc1)Cc1ccc(C(=O)O)cc1. The summed E-state index contributed by atoms with van der Waals surface area (Å²) in [6.07, 6.45) is 7.37. The van der Waals surface area contributed by atoms with Gasteiger partial charge in [-0.25, -0.2) is 4.79 Å². The summed E-state index contributed by atoms with van der Waals surface area (Å²) in [6.45, 7) is 0.435. The van der Waals surface area contributed by atoms with Crippen molar-refractivity contribution in [3.05, 3.63) is 131 Å². The molecule has 0 aromatic heterocycles. The average molecular weight is 535 g/mol. The molecule has 0 radical (unpaired) electrons. The summed E-state index contributed by atoms with van der Waals surface area (Å²) >= 11 is 0. The summed E-state index contributed by atoms with van der Waals surface area (Å²) in [5.74, 6) is -0.774. The first kappa shape index (κ1) is 28.4. The van der Waals surface area contributed by atoms with E-state index in [4.69, 9.17) is 9.84 Å². The number of carboxylic acids is 2. The number of hydrogen-bond donors (Lipinski definition) is 2. The number of benzene rings is 4. The van der Waals surface area contributed by atoms with Gasteiger partial charge in [0.1, 0.15) is 12.4 Å². The molecule has 0 bridgehead atoms. The minimum absolute atomic E-state index is 0.158. The molecule has 0 fully saturated rings. The fourth-order valence-corrected chi connectivity index (χ4v) is 4.73. The molecule has 1 unspecified atom stereocenters. The molecule has 0 aliphatic heterocycles. The number of allylic oxidation sites excluding steroid dienone is 1. The lowest BCUT2D eigenvalue weighted by atomic mass is 9.92. The molecule has 0 amide bonds. The van der Waals surface area contributed by atoms with Crippen molar-refractivity contribution in [2.45, 2.75) is 38.7 Å². The van der Waals surface area contributed by atoms with Crippen LogP contribution in [-0.2, 0) is 17.8 Å². The molecule has 0 aliphatic carbocycles. The Kier molecular flexibility index (Phi) is 10.3. The molecule has 2 N–H and O–H groups in total. The molecular weight excluding hydrogens is 500 g/mol. The Bertz CT molecular complexity index is 1420. The lowest BCUT2D eigenvalue weighted by molar-refractivity contribution is -0.137. The molecule has 4 rings (SSSR count). The van der Waals surface area contributed by atoms with E-state index in [-0.39, 0.29) is 17.9 Å². The molecule has 5 nitrogen and oxygen atoms in total. The van der Waals surface area contributed by atoms with Crippen LogP contribution in [0.5, 0.6) is 5.75 Å². The topological polar surface area (TPSA) is 83.8 Å². The van der Waals surface area contributed by atoms with Gasteiger partial charge < -0.3 is 14.9 Å². The van der Waals surface area contributed by atoms with Crippen molar-refractivity contribution in [2.24, 2.45) is 5.92 Å². The van der Waals surface area contributed by atoms with Crippen LogP contribution in [0.3, 0.4) is 0 Å². The Morgan fingerprint density at radius 3 is 2.23 bits per heavy atom. The van der Waals surface area contributed by atoms with Gasteiger partial charge in [-0.2, -0.15) is 0 Å². The van der Waals surface area contributed by atoms with Gasteiger partial charge in [0.2, 0.25) is 0 Å². The number of ether oxygens (including phenoxy) is 1. The van der Waals surface area contributed by atoms with Crippen LogP contribution >= 0.6 is 0 Å². The van der Waals surface area contributed by atoms with E-state index in [1.54, 1.807) is 12.1 Å². The lowest BCUT2D eigenvalue weighted by Crippen LogP contribution is -2.04. The molecule has 0 aliphatic rings. The van der Waals surface area contributed by atoms with Gasteiger partial charge in [-0.1, -0.05) is 104 Å². The van der Waals surface area contributed by atoms with E-state index < -0.39 is 11.9 Å². The normalized spacial score (nSPS) is 11.8. The molecule has 4 aromatic rings. The molecule has 4 aromatic carbocycles. The average Bonchev–Trinajstić information content (AvgIpc) is 2.98. The first-order valence-corrected chi connectivity index (χ1v) is 13.6. The summed E-state index contributed by atoms with van der Waals surface area (Å²) in [6, 6.07) is 33.4. The number of rotatable bonds is 14. The van der Waals surface area contributed by atoms with Gasteiger partial charge in [0.25, 0.3) is 0 Å². The molecular formula is C35H34O5. The van der Waals surface area contributed by atoms with Crippen LogP contribution in [0.15, 0.2) is 109 Å². The first-order valence-electron chi connectivity index (χ1n) is 13.6. The largest absolute Gasteiger partial charge is 0.488 e. The van der Waals surface area contributed by atoms with E-state index in [1.165, 1.54) is 0 Å². The maximum atomic E-state index is 11.2. The van der Waals surface area contributed by atoms with Crippen molar-refractivity contribution in [2.75, 3.05) is 0 Å². The third kappa shape index (κ3) is 8.43. The van der Waals surface area contributed by atoms with Crippen molar-refractivity contribution in [3.63, 3.8) is 0 Å². The minimum atomic E-state index is -0.945. The zero-order chi connectivity index (χ0) is 28.2. The Balaban J connectivity index is 1.48. The monoisotopic (exact) mass is 534 g/mol. The lowest BCUT2D eigenvalue weighted by Gasteiger charge is -2.15. The van der Waals surface area contributed by atoms with Gasteiger partial charge >= 0.3 is 11.9 Å². The van der Waals surface area contributed by atoms with Gasteiger partial charge in [0.05, 0.1) is 5.56 Å². The van der Waals surface area contributed by atoms with Crippen molar-refractivity contribution in [1.29, 1.82) is 0 Å². The standard InChI is InChI=1S/C35H34O5/c36-34(37)17-9-4-10-26(24-27-19-22-30(23-20-27)35(38)39)18-21-29-13-6-8-16-33(29)40-25-31-14-5-7-15-32(31)28-11-2-1-3-12-28/h1-3,5-8,11-16,18-23,26H,4,9-10,17,24-25H2,(H,36,37)(H,38,39). The number of para-hydroxylation sites is 1. The number of hydrogen-bond acceptors (Lipinski definition) is 3. The molecule has 0 saturated carbocycles. The number of aliphatic carboxylic acids is 1. The van der Waals surface area contributed by atoms with Gasteiger partial charge in [-0.05, 0) is 65.6 Å². The van der Waals surface area contributed by atoms with Crippen LogP contribution in [0, 0.1) is 5.92 Å². The predicted molar refractivity (Wildman–Crippen MR) is 158 cm³/mol. The molecule has 0 spiro atoms. The fraction of sp³-hybridized carbons (Fsp3) is 0.200. The Labute approximate surface area is 235 Å². The number of carboxylic acid groups (broad SMARTS) is 2. The smallest absolute Gasteiger partial charge is 0.335 e. The van der Waals surface area contributed by atoms with E-state index in [0.717, 1.165) is 52.8 Å². The van der Waals surface area contributed by atoms with Crippen LogP contribution < -0.4 is 4.74 Å². The maximum absolute atomic E-state index is 11.2. The van der Waals surface area contributed by atoms with Gasteiger partial charge in [-0.3, -0.25) is 4.79 Å². The van der Waals surface area contributed by atoms with E-state index in [0.29, 0.717) is 13.0 Å². The number of unbranched alkanes of at least 4 members (excludes halogenated alkanes) is 1. The van der Waals surface area contributed by atoms with Crippen LogP contribution in [-0.4, -0.2) is 22.2 Å². The highest BCUT2D eigenvalue weighted by atomic mass is 16.5. The zero-order valence-electron chi connectivity index (χ0n) is 22.4. The van der Waals surface area contributed by atoms with Crippen LogP contribution in [0.2, 0.25) is 0 Å². The van der Waals surface area contributed by atoms with Crippen molar-refractivity contribution >= 4 is 18.0 Å². The molecule has 5 heteroatoms. The third-order valence-corrected chi connectivity index (χ3v) is 6.87. The molecule has 40 heavy (non-hydrogen) atoms. The van der Waals surface area contributed by atoms with Crippen LogP contribution in [0.4, 0.5) is 0 Å². The second-order valence-corrected chi connectivity index (χ2v) is 9.81. The minimum Gasteiger partial charge on any atom is -0.488 e. The van der Waals surface area contributed by atoms with E-state index in [1.807, 2.05) is 66.7 Å². The Morgan fingerprint density at radius 1 is 0.775 bits per heavy atom. The second kappa shape index (κ2) is 14.5. The van der Waals surface area contributed by atoms with Gasteiger partial charge in [-0.15, -0.1) is 0 Å². The maximum Gasteiger partial charge on any atom is 0.335 e. The third-order valence-electron chi connectivity index (χ3n) is 6.87. The summed E-state index contributed by atoms with van der Waals surface area (Å²) in [7, 11) is 0. The summed E-state index contributed by atoms with van der Waals surface area (Å²) in [5, 5.41) is 18.2. The van der Waals surface area contributed by atoms with Crippen molar-refractivity contribution in [1.82, 2.24) is 0 Å². The fourth-order valence-electron chi connectivity index (χ4n) is 4.73.